The second-order valence-corrected chi connectivity index (χ2v) is 6.64. The Morgan fingerprint density at radius 2 is 1.80 bits per heavy atom. The number of allylic oxidation sites excluding steroid dienone is 1. The van der Waals surface area contributed by atoms with Crippen LogP contribution in [0.3, 0.4) is 0 Å². The van der Waals surface area contributed by atoms with Crippen LogP contribution in [-0.2, 0) is 11.2 Å². The van der Waals surface area contributed by atoms with Crippen molar-refractivity contribution in [3.63, 3.8) is 0 Å². The van der Waals surface area contributed by atoms with Gasteiger partial charge in [0.05, 0.1) is 6.10 Å². The summed E-state index contributed by atoms with van der Waals surface area (Å²) in [5.41, 5.74) is 1.87. The zero-order chi connectivity index (χ0) is 15.3. The third kappa shape index (κ3) is 4.93. The Labute approximate surface area is 122 Å². The molecule has 0 heterocycles. The number of carbonyl (C=O) groups is 1. The molecule has 2 heteroatoms. The minimum Gasteiger partial charge on any atom is -0.392 e. The van der Waals surface area contributed by atoms with E-state index < -0.39 is 6.10 Å². The van der Waals surface area contributed by atoms with Crippen LogP contribution in [0.4, 0.5) is 0 Å². The van der Waals surface area contributed by atoms with E-state index in [1.165, 1.54) is 5.56 Å². The lowest BCUT2D eigenvalue weighted by molar-refractivity contribution is -0.127. The van der Waals surface area contributed by atoms with Crippen LogP contribution in [-0.4, -0.2) is 17.0 Å². The summed E-state index contributed by atoms with van der Waals surface area (Å²) in [5.74, 6) is -0.340. The van der Waals surface area contributed by atoms with Crippen molar-refractivity contribution in [2.75, 3.05) is 0 Å². The maximum absolute atomic E-state index is 11.8. The maximum atomic E-state index is 11.8. The number of hydrogen-bond donors (Lipinski definition) is 1. The van der Waals surface area contributed by atoms with E-state index in [0.717, 1.165) is 12.0 Å². The van der Waals surface area contributed by atoms with Gasteiger partial charge in [0.1, 0.15) is 5.78 Å². The van der Waals surface area contributed by atoms with Crippen LogP contribution in [0.25, 0.3) is 0 Å². The molecular formula is C18H26O2. The zero-order valence-corrected chi connectivity index (χ0v) is 13.0. The van der Waals surface area contributed by atoms with Gasteiger partial charge in [-0.2, -0.15) is 0 Å². The van der Waals surface area contributed by atoms with Gasteiger partial charge < -0.3 is 5.11 Å². The summed E-state index contributed by atoms with van der Waals surface area (Å²) in [6.07, 6.45) is 0.650. The molecule has 1 aromatic rings. The highest BCUT2D eigenvalue weighted by molar-refractivity contribution is 5.79. The Bertz CT molecular complexity index is 454. The molecule has 0 saturated heterocycles. The van der Waals surface area contributed by atoms with Crippen molar-refractivity contribution in [3.05, 3.63) is 48.0 Å². The summed E-state index contributed by atoms with van der Waals surface area (Å²) in [4.78, 5) is 11.8. The molecule has 1 aromatic carbocycles. The van der Waals surface area contributed by atoms with Crippen molar-refractivity contribution in [3.8, 4) is 0 Å². The van der Waals surface area contributed by atoms with Crippen molar-refractivity contribution in [1.82, 2.24) is 0 Å². The van der Waals surface area contributed by atoms with Gasteiger partial charge in [0.25, 0.3) is 0 Å². The smallest absolute Gasteiger partial charge is 0.135 e. The monoisotopic (exact) mass is 274 g/mol. The highest BCUT2D eigenvalue weighted by Gasteiger charge is 2.33. The van der Waals surface area contributed by atoms with Crippen molar-refractivity contribution < 1.29 is 9.90 Å². The highest BCUT2D eigenvalue weighted by atomic mass is 16.3. The van der Waals surface area contributed by atoms with E-state index in [9.17, 15) is 9.90 Å². The van der Waals surface area contributed by atoms with Crippen LogP contribution in [0, 0.1) is 11.3 Å². The van der Waals surface area contributed by atoms with E-state index in [0.29, 0.717) is 6.42 Å². The molecule has 1 N–H and O–H groups in total. The predicted molar refractivity (Wildman–Crippen MR) is 83.5 cm³/mol. The van der Waals surface area contributed by atoms with E-state index in [1.807, 2.05) is 51.1 Å². The fraction of sp³-hybridized carbons (Fsp3) is 0.500. The van der Waals surface area contributed by atoms with Crippen molar-refractivity contribution in [2.24, 2.45) is 11.3 Å². The van der Waals surface area contributed by atoms with E-state index in [1.54, 1.807) is 6.92 Å². The van der Waals surface area contributed by atoms with Crippen LogP contribution < -0.4 is 0 Å². The summed E-state index contributed by atoms with van der Waals surface area (Å²) in [7, 11) is 0. The lowest BCUT2D eigenvalue weighted by Crippen LogP contribution is -2.37. The lowest BCUT2D eigenvalue weighted by Gasteiger charge is -2.32. The number of carbonyl (C=O) groups excluding carboxylic acids is 1. The summed E-state index contributed by atoms with van der Waals surface area (Å²) >= 11 is 0. The molecule has 0 aliphatic carbocycles. The van der Waals surface area contributed by atoms with Crippen molar-refractivity contribution in [2.45, 2.75) is 46.6 Å². The summed E-state index contributed by atoms with van der Waals surface area (Å²) in [5, 5.41) is 10.4. The van der Waals surface area contributed by atoms with Crippen LogP contribution >= 0.6 is 0 Å². The van der Waals surface area contributed by atoms with Crippen molar-refractivity contribution >= 4 is 5.78 Å². The molecule has 0 fully saturated rings. The second-order valence-electron chi connectivity index (χ2n) is 6.64. The molecule has 0 aliphatic heterocycles. The van der Waals surface area contributed by atoms with Crippen LogP contribution in [0.15, 0.2) is 42.5 Å². The fourth-order valence-electron chi connectivity index (χ4n) is 2.35. The van der Waals surface area contributed by atoms with Gasteiger partial charge in [-0.3, -0.25) is 4.79 Å². The zero-order valence-electron chi connectivity index (χ0n) is 13.0. The Morgan fingerprint density at radius 3 is 2.25 bits per heavy atom. The van der Waals surface area contributed by atoms with Gasteiger partial charge >= 0.3 is 0 Å². The first-order chi connectivity index (χ1) is 9.21. The van der Waals surface area contributed by atoms with Gasteiger partial charge in [-0.05, 0) is 30.7 Å². The van der Waals surface area contributed by atoms with Crippen LogP contribution in [0.5, 0.6) is 0 Å². The van der Waals surface area contributed by atoms with Crippen LogP contribution in [0.2, 0.25) is 0 Å². The summed E-state index contributed by atoms with van der Waals surface area (Å²) in [6, 6.07) is 10.1. The van der Waals surface area contributed by atoms with Gasteiger partial charge in [-0.1, -0.05) is 63.3 Å². The first-order valence-electron chi connectivity index (χ1n) is 7.11. The third-order valence-corrected chi connectivity index (χ3v) is 3.60. The predicted octanol–water partition coefficient (Wildman–Crippen LogP) is 3.79. The molecule has 0 amide bonds. The molecule has 0 bridgehead atoms. The van der Waals surface area contributed by atoms with E-state index in [-0.39, 0.29) is 17.1 Å². The summed E-state index contributed by atoms with van der Waals surface area (Å²) < 4.78 is 0. The number of ketones is 1. The minimum atomic E-state index is -0.646. The molecule has 0 aliphatic rings. The average Bonchev–Trinajstić information content (AvgIpc) is 2.35. The first-order valence-corrected chi connectivity index (χ1v) is 7.11. The topological polar surface area (TPSA) is 37.3 Å². The molecule has 0 aromatic heterocycles. The number of benzene rings is 1. The molecule has 0 unspecified atom stereocenters. The highest BCUT2D eigenvalue weighted by Crippen LogP contribution is 2.30. The second kappa shape index (κ2) is 6.85. The van der Waals surface area contributed by atoms with E-state index >= 15 is 0 Å². The molecular weight excluding hydrogens is 248 g/mol. The third-order valence-electron chi connectivity index (χ3n) is 3.60. The van der Waals surface area contributed by atoms with Crippen molar-refractivity contribution in [1.29, 1.82) is 0 Å². The lowest BCUT2D eigenvalue weighted by atomic mass is 9.77. The number of aliphatic hydroxyl groups is 1. The Kier molecular flexibility index (Phi) is 5.70. The number of hydrogen-bond acceptors (Lipinski definition) is 2. The first kappa shape index (κ1) is 16.6. The minimum absolute atomic E-state index is 0.0293. The number of aliphatic hydroxyl groups excluding tert-OH is 1. The normalized spacial score (nSPS) is 14.7. The molecule has 0 spiro atoms. The number of rotatable bonds is 6. The SMILES string of the molecule is C=C(Cc1ccccc1)C[C@H](C(C)=O)[C@@H](O)C(C)(C)C. The maximum Gasteiger partial charge on any atom is 0.135 e. The molecule has 110 valence electrons. The Hall–Kier alpha value is -1.41. The molecule has 2 nitrogen and oxygen atoms in total. The standard InChI is InChI=1S/C18H26O2/c1-13(11-15-9-7-6-8-10-15)12-16(14(2)19)17(20)18(3,4)5/h6-10,16-17,20H,1,11-12H2,2-5H3/t16-,17-/m1/s1. The van der Waals surface area contributed by atoms with Gasteiger partial charge in [0.15, 0.2) is 0 Å². The average molecular weight is 274 g/mol. The molecule has 1 rings (SSSR count). The fourth-order valence-corrected chi connectivity index (χ4v) is 2.35. The largest absolute Gasteiger partial charge is 0.392 e. The number of Topliss-reactive ketones (excluding diaryl/α,β-unsaturated/α-hetero) is 1. The van der Waals surface area contributed by atoms with Gasteiger partial charge in [-0.25, -0.2) is 0 Å². The molecule has 2 atom stereocenters. The Balaban J connectivity index is 2.72. The van der Waals surface area contributed by atoms with E-state index in [2.05, 4.69) is 6.58 Å². The summed E-state index contributed by atoms with van der Waals surface area (Å²) in [6.45, 7) is 11.5. The Morgan fingerprint density at radius 1 is 1.25 bits per heavy atom. The molecule has 0 radical (unpaired) electrons. The quantitative estimate of drug-likeness (QED) is 0.801. The molecule has 0 saturated carbocycles. The molecule has 20 heavy (non-hydrogen) atoms. The van der Waals surface area contributed by atoms with Gasteiger partial charge in [-0.15, -0.1) is 0 Å². The van der Waals surface area contributed by atoms with Gasteiger partial charge in [0.2, 0.25) is 0 Å². The van der Waals surface area contributed by atoms with Gasteiger partial charge in [0, 0.05) is 5.92 Å². The van der Waals surface area contributed by atoms with E-state index in [4.69, 9.17) is 0 Å². The van der Waals surface area contributed by atoms with Crippen LogP contribution in [0.1, 0.15) is 39.7 Å².